The zero-order valence-corrected chi connectivity index (χ0v) is 12.0. The summed E-state index contributed by atoms with van der Waals surface area (Å²) in [5, 5.41) is 0. The molecule has 0 fully saturated rings. The van der Waals surface area contributed by atoms with Gasteiger partial charge in [-0.25, -0.2) is 0 Å². The molecule has 2 rings (SSSR count). The van der Waals surface area contributed by atoms with Gasteiger partial charge >= 0.3 is 35.6 Å². The Morgan fingerprint density at radius 3 is 2.25 bits per heavy atom. The third-order valence-electron chi connectivity index (χ3n) is 2.14. The maximum atomic E-state index is 5.26. The van der Waals surface area contributed by atoms with Crippen LogP contribution in [-0.4, -0.2) is 14.2 Å². The summed E-state index contributed by atoms with van der Waals surface area (Å²) in [6, 6.07) is 8.06. The van der Waals surface area contributed by atoms with Gasteiger partial charge in [0.05, 0.1) is 20.6 Å². The van der Waals surface area contributed by atoms with Crippen LogP contribution in [0.3, 0.4) is 0 Å². The number of ether oxygens (including phenoxy) is 2. The Bertz CT molecular complexity index is 380. The van der Waals surface area contributed by atoms with Gasteiger partial charge in [0, 0.05) is 5.56 Å². The van der Waals surface area contributed by atoms with Crippen molar-refractivity contribution < 1.29 is 26.5 Å². The van der Waals surface area contributed by atoms with E-state index < -0.39 is 17.0 Å². The van der Waals surface area contributed by atoms with Crippen molar-refractivity contribution in [1.82, 2.24) is 0 Å². The summed E-state index contributed by atoms with van der Waals surface area (Å²) in [5.74, 6) is 1.61. The molecule has 2 nitrogen and oxygen atoms in total. The second-order valence-corrected chi connectivity index (χ2v) is 5.48. The molecule has 1 aromatic rings. The van der Waals surface area contributed by atoms with Crippen LogP contribution in [0, 0.1) is 6.42 Å². The Hall–Kier alpha value is -0.146. The van der Waals surface area contributed by atoms with Crippen LogP contribution in [0.4, 0.5) is 0 Å². The van der Waals surface area contributed by atoms with E-state index >= 15 is 0 Å². The molecular formula is C11H11Cl2O2Ti. The van der Waals surface area contributed by atoms with Crippen molar-refractivity contribution >= 4 is 24.4 Å². The van der Waals surface area contributed by atoms with Crippen molar-refractivity contribution in [3.8, 4) is 0 Å². The molecule has 0 bridgehead atoms. The number of benzene rings is 1. The maximum absolute atomic E-state index is 5.26. The van der Waals surface area contributed by atoms with Gasteiger partial charge in [0.25, 0.3) is 0 Å². The number of fused-ring (bicyclic) bond motifs is 1. The van der Waals surface area contributed by atoms with Crippen LogP contribution in [0.25, 0.3) is 5.76 Å². The Labute approximate surface area is 112 Å². The summed E-state index contributed by atoms with van der Waals surface area (Å²) in [4.78, 5) is 0. The first-order valence-electron chi connectivity index (χ1n) is 4.51. The van der Waals surface area contributed by atoms with E-state index in [1.807, 2.05) is 30.7 Å². The van der Waals surface area contributed by atoms with Gasteiger partial charge in [-0.3, -0.25) is 0 Å². The second-order valence-electron chi connectivity index (χ2n) is 2.90. The van der Waals surface area contributed by atoms with Crippen LogP contribution >= 0.6 is 18.6 Å². The molecule has 0 N–H and O–H groups in total. The normalized spacial score (nSPS) is 12.5. The van der Waals surface area contributed by atoms with Crippen molar-refractivity contribution in [2.45, 2.75) is 0 Å². The van der Waals surface area contributed by atoms with E-state index in [4.69, 9.17) is 28.1 Å². The molecule has 16 heavy (non-hydrogen) atoms. The van der Waals surface area contributed by atoms with Crippen LogP contribution in [0.15, 0.2) is 30.0 Å². The van der Waals surface area contributed by atoms with Gasteiger partial charge in [-0.2, -0.15) is 0 Å². The zero-order valence-electron chi connectivity index (χ0n) is 8.96. The molecule has 0 spiro atoms. The number of methoxy groups -OCH3 is 2. The molecule has 1 aliphatic rings. The average Bonchev–Trinajstić information content (AvgIpc) is 2.67. The fourth-order valence-electron chi connectivity index (χ4n) is 1.53. The Kier molecular flexibility index (Phi) is 6.29. The van der Waals surface area contributed by atoms with E-state index in [2.05, 4.69) is 0 Å². The van der Waals surface area contributed by atoms with Crippen LogP contribution < -0.4 is 0 Å². The SMILES string of the molecule is COC1=C(OC)c2ccccc2[CH]1.[Cl][Ti][Cl]. The van der Waals surface area contributed by atoms with Gasteiger partial charge in [-0.1, -0.05) is 24.3 Å². The minimum absolute atomic E-state index is 0.556. The fourth-order valence-corrected chi connectivity index (χ4v) is 1.53. The van der Waals surface area contributed by atoms with E-state index in [0.717, 1.165) is 22.6 Å². The van der Waals surface area contributed by atoms with E-state index in [0.29, 0.717) is 0 Å². The van der Waals surface area contributed by atoms with Gasteiger partial charge in [0.15, 0.2) is 5.76 Å². The van der Waals surface area contributed by atoms with E-state index in [-0.39, 0.29) is 0 Å². The first-order valence-corrected chi connectivity index (χ1v) is 8.80. The molecule has 85 valence electrons. The van der Waals surface area contributed by atoms with Gasteiger partial charge in [0.2, 0.25) is 0 Å². The van der Waals surface area contributed by atoms with Crippen LogP contribution in [0.5, 0.6) is 0 Å². The molecule has 0 amide bonds. The molecule has 1 aliphatic carbocycles. The zero-order chi connectivity index (χ0) is 12.0. The number of allylic oxidation sites excluding steroid dienone is 1. The van der Waals surface area contributed by atoms with Crippen LogP contribution in [0.1, 0.15) is 11.1 Å². The molecule has 0 aromatic heterocycles. The molecule has 1 aromatic carbocycles. The number of rotatable bonds is 2. The first-order chi connectivity index (χ1) is 7.78. The van der Waals surface area contributed by atoms with Gasteiger partial charge in [-0.05, 0) is 5.56 Å². The molecular weight excluding hydrogens is 283 g/mol. The standard InChI is InChI=1S/C11H11O2.2ClH.Ti/c1-12-10-7-8-5-3-4-6-9(8)11(10)13-2;;;/h3-7H,1-2H3;2*1H;/q;;;+2/p-2. The number of hydrogen-bond donors (Lipinski definition) is 0. The summed E-state index contributed by atoms with van der Waals surface area (Å²) in [6.07, 6.45) is 1.98. The van der Waals surface area contributed by atoms with Crippen molar-refractivity contribution in [2.24, 2.45) is 0 Å². The van der Waals surface area contributed by atoms with Crippen molar-refractivity contribution in [1.29, 1.82) is 0 Å². The monoisotopic (exact) mass is 293 g/mol. The quantitative estimate of drug-likeness (QED) is 0.776. The fraction of sp³-hybridized carbons (Fsp3) is 0.182. The molecule has 0 heterocycles. The first kappa shape index (κ1) is 13.9. The van der Waals surface area contributed by atoms with Gasteiger partial charge in [-0.15, -0.1) is 0 Å². The molecule has 0 atom stereocenters. The summed E-state index contributed by atoms with van der Waals surface area (Å²) in [5.41, 5.74) is 2.25. The molecule has 5 heteroatoms. The number of halogens is 2. The summed E-state index contributed by atoms with van der Waals surface area (Å²) in [7, 11) is 13.1. The third-order valence-corrected chi connectivity index (χ3v) is 2.14. The van der Waals surface area contributed by atoms with E-state index in [9.17, 15) is 0 Å². The Morgan fingerprint density at radius 1 is 1.06 bits per heavy atom. The average molecular weight is 294 g/mol. The predicted octanol–water partition coefficient (Wildman–Crippen LogP) is 3.59. The Balaban J connectivity index is 0.000000386. The van der Waals surface area contributed by atoms with E-state index in [1.54, 1.807) is 14.2 Å². The predicted molar refractivity (Wildman–Crippen MR) is 62.5 cm³/mol. The summed E-state index contributed by atoms with van der Waals surface area (Å²) >= 11 is -0.556. The molecule has 0 unspecified atom stereocenters. The van der Waals surface area contributed by atoms with Crippen molar-refractivity contribution in [3.05, 3.63) is 47.6 Å². The minimum atomic E-state index is -0.556. The van der Waals surface area contributed by atoms with Gasteiger partial charge < -0.3 is 9.47 Å². The second kappa shape index (κ2) is 7.23. The Morgan fingerprint density at radius 2 is 1.69 bits per heavy atom. The molecule has 0 aliphatic heterocycles. The van der Waals surface area contributed by atoms with Crippen molar-refractivity contribution in [3.63, 3.8) is 0 Å². The third kappa shape index (κ3) is 3.17. The van der Waals surface area contributed by atoms with E-state index in [1.165, 1.54) is 0 Å². The molecule has 0 saturated carbocycles. The number of hydrogen-bond acceptors (Lipinski definition) is 2. The van der Waals surface area contributed by atoms with Crippen LogP contribution in [-0.2, 0) is 26.5 Å². The molecule has 1 radical (unpaired) electrons. The van der Waals surface area contributed by atoms with Crippen molar-refractivity contribution in [2.75, 3.05) is 14.2 Å². The molecule has 0 saturated heterocycles. The summed E-state index contributed by atoms with van der Waals surface area (Å²) < 4.78 is 10.5. The van der Waals surface area contributed by atoms with Crippen LogP contribution in [0.2, 0.25) is 0 Å². The summed E-state index contributed by atoms with van der Waals surface area (Å²) in [6.45, 7) is 0. The topological polar surface area (TPSA) is 18.5 Å². The van der Waals surface area contributed by atoms with Gasteiger partial charge in [0.1, 0.15) is 5.76 Å².